The molecule has 1 radical (unpaired) electrons. The molecule has 0 aromatic heterocycles. The van der Waals surface area contributed by atoms with Crippen molar-refractivity contribution in [3.63, 3.8) is 0 Å². The zero-order valence-corrected chi connectivity index (χ0v) is 8.03. The van der Waals surface area contributed by atoms with Crippen molar-refractivity contribution in [2.24, 2.45) is 0 Å². The summed E-state index contributed by atoms with van der Waals surface area (Å²) < 4.78 is 0. The molecule has 6 heavy (non-hydrogen) atoms. The maximum Gasteiger partial charge on any atom is 2.00 e. The molecule has 0 bridgehead atoms. The van der Waals surface area contributed by atoms with Gasteiger partial charge in [-0.1, -0.05) is 0 Å². The molecule has 0 rings (SSSR count). The maximum atomic E-state index is 0. The maximum absolute atomic E-state index is 0. The van der Waals surface area contributed by atoms with Crippen LogP contribution in [0.1, 0.15) is 0 Å². The molecule has 0 aromatic carbocycles. The van der Waals surface area contributed by atoms with E-state index in [1.807, 2.05) is 0 Å². The average molecular weight is 272 g/mol. The third kappa shape index (κ3) is 41.3. The van der Waals surface area contributed by atoms with Crippen molar-refractivity contribution in [1.29, 1.82) is 0 Å². The predicted molar refractivity (Wildman–Crippen MR) is 5.75 cm³/mol. The zero-order valence-electron chi connectivity index (χ0n) is 2.55. The van der Waals surface area contributed by atoms with Crippen LogP contribution in [-0.4, -0.2) is 48.9 Å². The van der Waals surface area contributed by atoms with Crippen molar-refractivity contribution < 1.29 is 35.6 Å². The monoisotopic (exact) mass is 273 g/mol. The number of hydrogen-bond acceptors (Lipinski definition) is 0. The van der Waals surface area contributed by atoms with Crippen molar-refractivity contribution in [3.8, 4) is 0 Å². The summed E-state index contributed by atoms with van der Waals surface area (Å²) in [7, 11) is 0. The van der Waals surface area contributed by atoms with E-state index in [-0.39, 0.29) is 84.5 Å². The standard InChI is InChI=1S/Ba.Co.4FH/h;;4*1H/q2*+2;;;;/p-4. The van der Waals surface area contributed by atoms with E-state index >= 15 is 0 Å². The van der Waals surface area contributed by atoms with Crippen molar-refractivity contribution in [3.05, 3.63) is 0 Å². The van der Waals surface area contributed by atoms with Crippen molar-refractivity contribution in [2.45, 2.75) is 0 Å². The van der Waals surface area contributed by atoms with Crippen LogP contribution in [0.3, 0.4) is 0 Å². The van der Waals surface area contributed by atoms with Gasteiger partial charge in [-0.3, -0.25) is 0 Å². The van der Waals surface area contributed by atoms with Gasteiger partial charge in [0.05, 0.1) is 0 Å². The zero-order chi connectivity index (χ0) is 0. The molecule has 0 unspecified atom stereocenters. The van der Waals surface area contributed by atoms with Gasteiger partial charge in [-0.15, -0.1) is 0 Å². The van der Waals surface area contributed by atoms with E-state index in [0.717, 1.165) is 0 Å². The Hall–Kier alpha value is 1.80. The van der Waals surface area contributed by atoms with Crippen LogP contribution >= 0.6 is 0 Å². The summed E-state index contributed by atoms with van der Waals surface area (Å²) in [4.78, 5) is 0. The first-order chi connectivity index (χ1) is 0. The van der Waals surface area contributed by atoms with Crippen LogP contribution in [0.4, 0.5) is 0 Å². The minimum atomic E-state index is 0. The van der Waals surface area contributed by atoms with Gasteiger partial charge in [0.1, 0.15) is 0 Å². The van der Waals surface area contributed by atoms with E-state index in [2.05, 4.69) is 0 Å². The molecule has 0 N–H and O–H groups in total. The fraction of sp³-hybridized carbons (Fsp3) is 0. The summed E-state index contributed by atoms with van der Waals surface area (Å²) in [6, 6.07) is 0. The molecule has 0 fully saturated rings. The van der Waals surface area contributed by atoms with Crippen molar-refractivity contribution in [1.82, 2.24) is 0 Å². The summed E-state index contributed by atoms with van der Waals surface area (Å²) in [5, 5.41) is 0. The van der Waals surface area contributed by atoms with Crippen LogP contribution in [0.25, 0.3) is 0 Å². The van der Waals surface area contributed by atoms with Crippen LogP contribution in [0.2, 0.25) is 0 Å². The Morgan fingerprint density at radius 1 is 0.500 bits per heavy atom. The molecule has 0 saturated heterocycles. The summed E-state index contributed by atoms with van der Waals surface area (Å²) in [6.07, 6.45) is 0. The fourth-order valence-electron chi connectivity index (χ4n) is 0. The Morgan fingerprint density at radius 2 is 0.500 bits per heavy atom. The largest absolute Gasteiger partial charge is 2.00 e. The Morgan fingerprint density at radius 3 is 0.500 bits per heavy atom. The summed E-state index contributed by atoms with van der Waals surface area (Å²) >= 11 is 0. The summed E-state index contributed by atoms with van der Waals surface area (Å²) in [5.74, 6) is 0. The van der Waals surface area contributed by atoms with Crippen LogP contribution in [0, 0.1) is 0 Å². The van der Waals surface area contributed by atoms with Gasteiger partial charge in [-0.05, 0) is 0 Å². The molecule has 6 heteroatoms. The quantitative estimate of drug-likeness (QED) is 0.303. The molecule has 0 aliphatic heterocycles. The van der Waals surface area contributed by atoms with Crippen LogP contribution in [0.5, 0.6) is 0 Å². The molecule has 39 valence electrons. The molecule has 0 saturated carbocycles. The third-order valence-electron chi connectivity index (χ3n) is 0. The van der Waals surface area contributed by atoms with Gasteiger partial charge in [0.25, 0.3) is 0 Å². The molecule has 0 atom stereocenters. The van der Waals surface area contributed by atoms with Crippen molar-refractivity contribution in [2.75, 3.05) is 0 Å². The SMILES string of the molecule is [Ba+2].[Co+2].[F-].[F-].[F-].[F-]. The second kappa shape index (κ2) is 70.7. The van der Waals surface area contributed by atoms with Gasteiger partial charge in [0.15, 0.2) is 0 Å². The van der Waals surface area contributed by atoms with Gasteiger partial charge in [0, 0.05) is 0 Å². The van der Waals surface area contributed by atoms with E-state index in [9.17, 15) is 0 Å². The van der Waals surface area contributed by atoms with E-state index in [1.165, 1.54) is 0 Å². The predicted octanol–water partition coefficient (Wildman–Crippen LogP) is -12.4. The average Bonchev–Trinajstić information content (AvgIpc) is 0. The first-order valence-electron chi connectivity index (χ1n) is 0. The van der Waals surface area contributed by atoms with Gasteiger partial charge >= 0.3 is 65.7 Å². The van der Waals surface area contributed by atoms with Gasteiger partial charge in [-0.2, -0.15) is 0 Å². The molecule has 0 nitrogen and oxygen atoms in total. The molecule has 0 heterocycles. The molecule has 0 aliphatic carbocycles. The summed E-state index contributed by atoms with van der Waals surface area (Å²) in [6.45, 7) is 0. The minimum Gasteiger partial charge on any atom is -1.00 e. The number of halogens is 4. The second-order valence-electron chi connectivity index (χ2n) is 0. The van der Waals surface area contributed by atoms with E-state index < -0.39 is 0 Å². The molecule has 0 aliphatic rings. The fourth-order valence-corrected chi connectivity index (χ4v) is 0. The number of hydrogen-bond donors (Lipinski definition) is 0. The number of rotatable bonds is 0. The normalized spacial score (nSPS) is 0. The first kappa shape index (κ1) is 111. The molecular weight excluding hydrogens is 272 g/mol. The van der Waals surface area contributed by atoms with E-state index in [1.54, 1.807) is 0 Å². The molecule has 0 aromatic rings. The molecular formula is BaCoF4. The van der Waals surface area contributed by atoms with Gasteiger partial charge in [0.2, 0.25) is 0 Å². The van der Waals surface area contributed by atoms with Crippen LogP contribution in [0.15, 0.2) is 0 Å². The Bertz CT molecular complexity index is 7.51. The third-order valence-corrected chi connectivity index (χ3v) is 0. The second-order valence-corrected chi connectivity index (χ2v) is 0. The Labute approximate surface area is 83.2 Å². The van der Waals surface area contributed by atoms with Crippen LogP contribution in [-0.2, 0) is 16.8 Å². The minimum absolute atomic E-state index is 0. The molecule has 0 amide bonds. The Kier molecular flexibility index (Phi) is 1310. The van der Waals surface area contributed by atoms with Gasteiger partial charge < -0.3 is 18.8 Å². The van der Waals surface area contributed by atoms with E-state index in [4.69, 9.17) is 0 Å². The topological polar surface area (TPSA) is 0 Å². The van der Waals surface area contributed by atoms with E-state index in [0.29, 0.717) is 0 Å². The van der Waals surface area contributed by atoms with Crippen LogP contribution < -0.4 is 18.8 Å². The smallest absolute Gasteiger partial charge is 1.00 e. The van der Waals surface area contributed by atoms with Crippen molar-refractivity contribution >= 4 is 48.9 Å². The Balaban J connectivity index is 0. The summed E-state index contributed by atoms with van der Waals surface area (Å²) in [5.41, 5.74) is 0. The van der Waals surface area contributed by atoms with Gasteiger partial charge in [-0.25, -0.2) is 0 Å². The molecule has 0 spiro atoms. The first-order valence-corrected chi connectivity index (χ1v) is 0.